The number of methoxy groups -OCH3 is 6. The molecule has 14 heteroatoms. The number of fused-ring (bicyclic) bond motifs is 1. The molecule has 3 heterocycles. The molecule has 0 aliphatic carbocycles. The Hall–Kier alpha value is -2.62. The minimum Gasteiger partial charge on any atom is -0.383 e. The zero-order chi connectivity index (χ0) is 29.5. The van der Waals surface area contributed by atoms with E-state index in [2.05, 4.69) is 20.0 Å². The molecule has 3 rings (SSSR count). The summed E-state index contributed by atoms with van der Waals surface area (Å²) in [5, 5.41) is 3.43. The Morgan fingerprint density at radius 3 is 1.63 bits per heavy atom. The summed E-state index contributed by atoms with van der Waals surface area (Å²) in [6.45, 7) is 7.22. The monoisotopic (exact) mass is 580 g/mol. The average Bonchev–Trinajstić information content (AvgIpc) is 3.01. The van der Waals surface area contributed by atoms with Gasteiger partial charge in [0.1, 0.15) is 11.0 Å². The smallest absolute Gasteiger partial charge is 0.228 e. The lowest BCUT2D eigenvalue weighted by atomic mass is 10.1. The molecule has 1 aliphatic heterocycles. The fraction of sp³-hybridized carbons (Fsp3) is 0.778. The number of piperidine rings is 1. The van der Waals surface area contributed by atoms with Gasteiger partial charge in [-0.2, -0.15) is 9.97 Å². The number of aromatic nitrogens is 4. The predicted molar refractivity (Wildman–Crippen MR) is 160 cm³/mol. The summed E-state index contributed by atoms with van der Waals surface area (Å²) in [5.41, 5.74) is 1.34. The summed E-state index contributed by atoms with van der Waals surface area (Å²) >= 11 is 0. The van der Waals surface area contributed by atoms with Gasteiger partial charge in [0.05, 0.1) is 39.1 Å². The number of nitrogens with one attached hydrogen (secondary N) is 1. The van der Waals surface area contributed by atoms with Crippen LogP contribution in [0.1, 0.15) is 12.8 Å². The molecule has 0 saturated carbocycles. The molecule has 0 unspecified atom stereocenters. The number of hydrogen-bond donors (Lipinski definition) is 1. The highest BCUT2D eigenvalue weighted by atomic mass is 16.5. The van der Waals surface area contributed by atoms with Gasteiger partial charge in [0.2, 0.25) is 11.9 Å². The first kappa shape index (κ1) is 32.9. The lowest BCUT2D eigenvalue weighted by Crippen LogP contribution is -2.38. The van der Waals surface area contributed by atoms with Crippen molar-refractivity contribution in [1.29, 1.82) is 0 Å². The molecule has 2 aromatic heterocycles. The fourth-order valence-corrected chi connectivity index (χ4v) is 4.61. The van der Waals surface area contributed by atoms with Crippen LogP contribution in [0, 0.1) is 0 Å². The van der Waals surface area contributed by atoms with Gasteiger partial charge < -0.3 is 48.4 Å². The normalized spacial score (nSPS) is 14.1. The molecule has 2 aromatic rings. The Kier molecular flexibility index (Phi) is 14.5. The molecule has 1 aliphatic rings. The van der Waals surface area contributed by atoms with E-state index in [0.29, 0.717) is 94.5 Å². The minimum atomic E-state index is 0.230. The average molecular weight is 581 g/mol. The summed E-state index contributed by atoms with van der Waals surface area (Å²) in [6, 6.07) is 0. The quantitative estimate of drug-likeness (QED) is 0.226. The van der Waals surface area contributed by atoms with Crippen LogP contribution in [0.3, 0.4) is 0 Å². The van der Waals surface area contributed by atoms with E-state index in [-0.39, 0.29) is 6.10 Å². The summed E-state index contributed by atoms with van der Waals surface area (Å²) < 4.78 is 32.5. The number of anilines is 4. The largest absolute Gasteiger partial charge is 0.383 e. The molecule has 0 spiro atoms. The fourth-order valence-electron chi connectivity index (χ4n) is 4.61. The van der Waals surface area contributed by atoms with Crippen LogP contribution in [0.2, 0.25) is 0 Å². The van der Waals surface area contributed by atoms with E-state index in [0.717, 1.165) is 31.7 Å². The van der Waals surface area contributed by atoms with Crippen LogP contribution >= 0.6 is 0 Å². The lowest BCUT2D eigenvalue weighted by Gasteiger charge is -2.33. The van der Waals surface area contributed by atoms with Crippen molar-refractivity contribution in [3.05, 3.63) is 0 Å². The van der Waals surface area contributed by atoms with Gasteiger partial charge in [-0.15, -0.1) is 0 Å². The Balaban J connectivity index is 2.20. The maximum Gasteiger partial charge on any atom is 0.228 e. The second-order valence-corrected chi connectivity index (χ2v) is 9.70. The molecule has 0 atom stereocenters. The molecule has 14 nitrogen and oxygen atoms in total. The van der Waals surface area contributed by atoms with E-state index < -0.39 is 0 Å². The van der Waals surface area contributed by atoms with Crippen LogP contribution in [0.15, 0.2) is 0 Å². The summed E-state index contributed by atoms with van der Waals surface area (Å²) in [4.78, 5) is 26.6. The van der Waals surface area contributed by atoms with Crippen molar-refractivity contribution in [1.82, 2.24) is 19.9 Å². The van der Waals surface area contributed by atoms with Gasteiger partial charge in [-0.25, -0.2) is 9.97 Å². The molecule has 0 amide bonds. The third-order valence-electron chi connectivity index (χ3n) is 7.00. The molecule has 0 aromatic carbocycles. The van der Waals surface area contributed by atoms with Gasteiger partial charge >= 0.3 is 0 Å². The lowest BCUT2D eigenvalue weighted by molar-refractivity contribution is 0.0818. The first-order chi connectivity index (χ1) is 20.1. The van der Waals surface area contributed by atoms with Crippen LogP contribution < -0.4 is 20.0 Å². The topological polar surface area (TPSA) is 129 Å². The van der Waals surface area contributed by atoms with Crippen LogP contribution in [0.5, 0.6) is 0 Å². The maximum atomic E-state index is 5.64. The zero-order valence-corrected chi connectivity index (χ0v) is 25.6. The van der Waals surface area contributed by atoms with Gasteiger partial charge in [0, 0.05) is 88.5 Å². The van der Waals surface area contributed by atoms with Gasteiger partial charge in [0.25, 0.3) is 0 Å². The van der Waals surface area contributed by atoms with Gasteiger partial charge in [0.15, 0.2) is 11.6 Å². The van der Waals surface area contributed by atoms with Crippen molar-refractivity contribution >= 4 is 34.6 Å². The van der Waals surface area contributed by atoms with Crippen molar-refractivity contribution in [2.75, 3.05) is 142 Å². The SMILES string of the molecule is COCCNc1nc(N(CCOC)CCOC)nc2c(N3CCC(OC)CC3)nc(N(CCOC)CCOC)nc12. The van der Waals surface area contributed by atoms with Crippen molar-refractivity contribution in [3.63, 3.8) is 0 Å². The standard InChI is InChI=1S/C27H48N8O6/c1-36-16-9-28-24-22-23(30-26(31-24)34(12-17-37-2)13-18-38-3)25(33-10-7-21(41-6)8-11-33)32-27(29-22)35(14-19-39-4)15-20-40-5/h21H,7-20H2,1-6H3,(H,28,30,31). The van der Waals surface area contributed by atoms with Gasteiger partial charge in [-0.1, -0.05) is 0 Å². The number of nitrogens with zero attached hydrogens (tertiary/aromatic N) is 7. The van der Waals surface area contributed by atoms with Gasteiger partial charge in [-0.3, -0.25) is 0 Å². The van der Waals surface area contributed by atoms with Crippen LogP contribution in [-0.2, 0) is 28.4 Å². The molecule has 1 saturated heterocycles. The molecular weight excluding hydrogens is 532 g/mol. The van der Waals surface area contributed by atoms with E-state index >= 15 is 0 Å². The van der Waals surface area contributed by atoms with Gasteiger partial charge in [-0.05, 0) is 12.8 Å². The molecule has 232 valence electrons. The van der Waals surface area contributed by atoms with Crippen molar-refractivity contribution < 1.29 is 28.4 Å². The number of hydrogen-bond acceptors (Lipinski definition) is 14. The van der Waals surface area contributed by atoms with Crippen molar-refractivity contribution in [2.24, 2.45) is 0 Å². The van der Waals surface area contributed by atoms with Crippen LogP contribution in [-0.4, -0.2) is 148 Å². The third kappa shape index (κ3) is 9.45. The van der Waals surface area contributed by atoms with E-state index in [1.54, 1.807) is 42.7 Å². The Labute approximate surface area is 243 Å². The van der Waals surface area contributed by atoms with Crippen molar-refractivity contribution in [3.8, 4) is 0 Å². The summed E-state index contributed by atoms with van der Waals surface area (Å²) in [7, 11) is 10.2. The zero-order valence-electron chi connectivity index (χ0n) is 25.6. The van der Waals surface area contributed by atoms with Crippen molar-refractivity contribution in [2.45, 2.75) is 18.9 Å². The molecular formula is C27H48N8O6. The Morgan fingerprint density at radius 2 is 1.15 bits per heavy atom. The van der Waals surface area contributed by atoms with E-state index in [4.69, 9.17) is 48.4 Å². The second-order valence-electron chi connectivity index (χ2n) is 9.70. The number of ether oxygens (including phenoxy) is 6. The van der Waals surface area contributed by atoms with E-state index in [1.807, 2.05) is 0 Å². The Morgan fingerprint density at radius 1 is 0.659 bits per heavy atom. The molecule has 1 fully saturated rings. The van der Waals surface area contributed by atoms with E-state index in [1.165, 1.54) is 0 Å². The van der Waals surface area contributed by atoms with E-state index in [9.17, 15) is 0 Å². The maximum absolute atomic E-state index is 5.64. The highest BCUT2D eigenvalue weighted by molar-refractivity contribution is 5.95. The number of rotatable bonds is 20. The molecule has 1 N–H and O–H groups in total. The first-order valence-corrected chi connectivity index (χ1v) is 14.2. The van der Waals surface area contributed by atoms with Crippen LogP contribution in [0.4, 0.5) is 23.5 Å². The predicted octanol–water partition coefficient (Wildman–Crippen LogP) is 1.29. The molecule has 0 bridgehead atoms. The minimum absolute atomic E-state index is 0.230. The second kappa shape index (κ2) is 18.0. The third-order valence-corrected chi connectivity index (χ3v) is 7.00. The Bertz CT molecular complexity index is 1010. The highest BCUT2D eigenvalue weighted by Crippen LogP contribution is 2.32. The molecule has 41 heavy (non-hydrogen) atoms. The summed E-state index contributed by atoms with van der Waals surface area (Å²) in [5.74, 6) is 2.54. The first-order valence-electron chi connectivity index (χ1n) is 14.2. The summed E-state index contributed by atoms with van der Waals surface area (Å²) in [6.07, 6.45) is 2.03. The highest BCUT2D eigenvalue weighted by Gasteiger charge is 2.27. The van der Waals surface area contributed by atoms with Crippen LogP contribution in [0.25, 0.3) is 11.0 Å². The molecule has 0 radical (unpaired) electrons.